The maximum Gasteiger partial charge on any atom is 0.260 e. The van der Waals surface area contributed by atoms with Crippen LogP contribution in [0.3, 0.4) is 0 Å². The third-order valence-corrected chi connectivity index (χ3v) is 1.90. The summed E-state index contributed by atoms with van der Waals surface area (Å²) in [5.74, 6) is 0. The Morgan fingerprint density at radius 2 is 2.21 bits per heavy atom. The van der Waals surface area contributed by atoms with Crippen molar-refractivity contribution in [2.24, 2.45) is 0 Å². The second-order valence-electron chi connectivity index (χ2n) is 2.57. The molecule has 0 saturated heterocycles. The van der Waals surface area contributed by atoms with E-state index >= 15 is 0 Å². The first-order valence-electron chi connectivity index (χ1n) is 4.85. The molecule has 2 aromatic heterocycles. The number of rotatable bonds is 1. The van der Waals surface area contributed by atoms with E-state index in [1.807, 2.05) is 31.5 Å². The molecule has 2 aromatic rings. The highest BCUT2D eigenvalue weighted by Crippen LogP contribution is 2.06. The molecule has 14 heavy (non-hydrogen) atoms. The Morgan fingerprint density at radius 3 is 2.86 bits per heavy atom. The molecule has 0 aliphatic heterocycles. The smallest absolute Gasteiger partial charge is 0.260 e. The van der Waals surface area contributed by atoms with Crippen molar-refractivity contribution in [1.82, 2.24) is 14.5 Å². The van der Waals surface area contributed by atoms with Gasteiger partial charge in [0.15, 0.2) is 0 Å². The summed E-state index contributed by atoms with van der Waals surface area (Å²) in [6, 6.07) is 1.78. The lowest BCUT2D eigenvalue weighted by Gasteiger charge is -1.96. The van der Waals surface area contributed by atoms with Crippen LogP contribution in [0.25, 0.3) is 11.0 Å². The van der Waals surface area contributed by atoms with Gasteiger partial charge in [-0.2, -0.15) is 0 Å². The van der Waals surface area contributed by atoms with E-state index in [4.69, 9.17) is 0 Å². The number of hydrogen-bond acceptors (Lipinski definition) is 2. The molecule has 4 heteroatoms. The Morgan fingerprint density at radius 1 is 1.50 bits per heavy atom. The number of H-pyrrole nitrogens is 1. The van der Waals surface area contributed by atoms with Crippen LogP contribution in [0.5, 0.6) is 0 Å². The largest absolute Gasteiger partial charge is 0.333 e. The minimum absolute atomic E-state index is 0.0767. The van der Waals surface area contributed by atoms with Gasteiger partial charge in [-0.15, -0.1) is 0 Å². The third kappa shape index (κ3) is 1.69. The summed E-state index contributed by atoms with van der Waals surface area (Å²) >= 11 is 0. The SMILES string of the molecule is CC.CCn1ccc2c(=O)[nH]cnc21. The first-order valence-corrected chi connectivity index (χ1v) is 4.85. The molecular formula is C10H15N3O. The summed E-state index contributed by atoms with van der Waals surface area (Å²) in [4.78, 5) is 17.8. The number of aromatic amines is 1. The molecule has 0 aliphatic carbocycles. The summed E-state index contributed by atoms with van der Waals surface area (Å²) < 4.78 is 1.94. The summed E-state index contributed by atoms with van der Waals surface area (Å²) in [7, 11) is 0. The van der Waals surface area contributed by atoms with E-state index in [0.29, 0.717) is 5.39 Å². The lowest BCUT2D eigenvalue weighted by Crippen LogP contribution is -2.06. The molecular weight excluding hydrogens is 178 g/mol. The normalized spacial score (nSPS) is 9.64. The Bertz CT molecular complexity index is 456. The summed E-state index contributed by atoms with van der Waals surface area (Å²) in [5.41, 5.74) is 0.674. The van der Waals surface area contributed by atoms with E-state index in [1.54, 1.807) is 6.07 Å². The fourth-order valence-electron chi connectivity index (χ4n) is 1.27. The van der Waals surface area contributed by atoms with Crippen molar-refractivity contribution >= 4 is 11.0 Å². The molecule has 0 unspecified atom stereocenters. The molecule has 0 spiro atoms. The first kappa shape index (κ1) is 10.5. The predicted octanol–water partition coefficient (Wildman–Crippen LogP) is 1.77. The van der Waals surface area contributed by atoms with E-state index in [2.05, 4.69) is 9.97 Å². The highest BCUT2D eigenvalue weighted by molar-refractivity contribution is 5.74. The Balaban J connectivity index is 0.000000461. The molecule has 0 bridgehead atoms. The van der Waals surface area contributed by atoms with Crippen LogP contribution < -0.4 is 5.56 Å². The second kappa shape index (κ2) is 4.60. The highest BCUT2D eigenvalue weighted by atomic mass is 16.1. The quantitative estimate of drug-likeness (QED) is 0.750. The lowest BCUT2D eigenvalue weighted by atomic mass is 10.4. The molecule has 0 fully saturated rings. The maximum atomic E-state index is 11.2. The fraction of sp³-hybridized carbons (Fsp3) is 0.400. The van der Waals surface area contributed by atoms with Gasteiger partial charge in [0.2, 0.25) is 0 Å². The second-order valence-corrected chi connectivity index (χ2v) is 2.57. The van der Waals surface area contributed by atoms with Crippen molar-refractivity contribution in [2.75, 3.05) is 0 Å². The van der Waals surface area contributed by atoms with Crippen molar-refractivity contribution in [2.45, 2.75) is 27.3 Å². The van der Waals surface area contributed by atoms with Crippen LogP contribution in [0.1, 0.15) is 20.8 Å². The molecule has 0 saturated carbocycles. The van der Waals surface area contributed by atoms with Gasteiger partial charge in [0.05, 0.1) is 11.7 Å². The van der Waals surface area contributed by atoms with Crippen LogP contribution in [-0.2, 0) is 6.54 Å². The molecule has 0 atom stereocenters. The average molecular weight is 193 g/mol. The standard InChI is InChI=1S/C8H9N3O.C2H6/c1-2-11-4-3-6-7(11)9-5-10-8(6)12;1-2/h3-5H,2H2,1H3,(H,9,10,12);1-2H3. The van der Waals surface area contributed by atoms with Crippen molar-refractivity contribution < 1.29 is 0 Å². The maximum absolute atomic E-state index is 11.2. The number of nitrogens with one attached hydrogen (secondary N) is 1. The predicted molar refractivity (Wildman–Crippen MR) is 57.4 cm³/mol. The lowest BCUT2D eigenvalue weighted by molar-refractivity contribution is 0.786. The minimum atomic E-state index is -0.0767. The molecule has 1 N–H and O–H groups in total. The van der Waals surface area contributed by atoms with E-state index in [1.165, 1.54) is 6.33 Å². The van der Waals surface area contributed by atoms with Crippen molar-refractivity contribution in [1.29, 1.82) is 0 Å². The molecule has 0 radical (unpaired) electrons. The van der Waals surface area contributed by atoms with Crippen LogP contribution in [-0.4, -0.2) is 14.5 Å². The minimum Gasteiger partial charge on any atom is -0.333 e. The molecule has 4 nitrogen and oxygen atoms in total. The van der Waals surface area contributed by atoms with E-state index in [-0.39, 0.29) is 5.56 Å². The zero-order valence-corrected chi connectivity index (χ0v) is 8.74. The van der Waals surface area contributed by atoms with Gasteiger partial charge in [0.1, 0.15) is 5.65 Å². The number of aryl methyl sites for hydroxylation is 1. The number of nitrogens with zero attached hydrogens (tertiary/aromatic N) is 2. The van der Waals surface area contributed by atoms with Crippen LogP contribution in [0, 0.1) is 0 Å². The molecule has 2 heterocycles. The average Bonchev–Trinajstić information content (AvgIpc) is 2.65. The Labute approximate surface area is 82.6 Å². The molecule has 76 valence electrons. The van der Waals surface area contributed by atoms with Gasteiger partial charge >= 0.3 is 0 Å². The summed E-state index contributed by atoms with van der Waals surface area (Å²) in [6.45, 7) is 6.85. The van der Waals surface area contributed by atoms with Gasteiger partial charge in [-0.05, 0) is 13.0 Å². The van der Waals surface area contributed by atoms with Gasteiger partial charge in [-0.3, -0.25) is 4.79 Å². The molecule has 2 rings (SSSR count). The van der Waals surface area contributed by atoms with Crippen LogP contribution in [0.15, 0.2) is 23.4 Å². The van der Waals surface area contributed by atoms with E-state index in [0.717, 1.165) is 12.2 Å². The monoisotopic (exact) mass is 193 g/mol. The number of hydrogen-bond donors (Lipinski definition) is 1. The van der Waals surface area contributed by atoms with Gasteiger partial charge in [-0.1, -0.05) is 13.8 Å². The van der Waals surface area contributed by atoms with Gasteiger partial charge in [-0.25, -0.2) is 4.98 Å². The van der Waals surface area contributed by atoms with Crippen LogP contribution in [0.4, 0.5) is 0 Å². The zero-order chi connectivity index (χ0) is 10.6. The number of aromatic nitrogens is 3. The van der Waals surface area contributed by atoms with Gasteiger partial charge in [0, 0.05) is 12.7 Å². The van der Waals surface area contributed by atoms with Crippen LogP contribution >= 0.6 is 0 Å². The Hall–Kier alpha value is -1.58. The zero-order valence-electron chi connectivity index (χ0n) is 8.74. The fourth-order valence-corrected chi connectivity index (χ4v) is 1.27. The van der Waals surface area contributed by atoms with Crippen molar-refractivity contribution in [3.8, 4) is 0 Å². The molecule has 0 aliphatic rings. The van der Waals surface area contributed by atoms with Crippen molar-refractivity contribution in [3.63, 3.8) is 0 Å². The number of fused-ring (bicyclic) bond motifs is 1. The summed E-state index contributed by atoms with van der Waals surface area (Å²) in [6.07, 6.45) is 3.30. The van der Waals surface area contributed by atoms with Crippen LogP contribution in [0.2, 0.25) is 0 Å². The third-order valence-electron chi connectivity index (χ3n) is 1.90. The topological polar surface area (TPSA) is 50.7 Å². The van der Waals surface area contributed by atoms with E-state index < -0.39 is 0 Å². The van der Waals surface area contributed by atoms with Gasteiger partial charge < -0.3 is 9.55 Å². The van der Waals surface area contributed by atoms with E-state index in [9.17, 15) is 4.79 Å². The van der Waals surface area contributed by atoms with Crippen molar-refractivity contribution in [3.05, 3.63) is 28.9 Å². The Kier molecular flexibility index (Phi) is 3.45. The van der Waals surface area contributed by atoms with Gasteiger partial charge in [0.25, 0.3) is 5.56 Å². The summed E-state index contributed by atoms with van der Waals surface area (Å²) in [5, 5.41) is 0.652. The molecule has 0 amide bonds. The highest BCUT2D eigenvalue weighted by Gasteiger charge is 2.02. The molecule has 0 aromatic carbocycles. The first-order chi connectivity index (χ1) is 6.83.